The predicted molar refractivity (Wildman–Crippen MR) is 131 cm³/mol. The molecule has 5 nitrogen and oxygen atoms in total. The van der Waals surface area contributed by atoms with Crippen LogP contribution >= 0.6 is 15.9 Å². The van der Waals surface area contributed by atoms with Gasteiger partial charge in [0.25, 0.3) is 0 Å². The minimum atomic E-state index is -3.87. The van der Waals surface area contributed by atoms with Gasteiger partial charge in [0.15, 0.2) is 0 Å². The van der Waals surface area contributed by atoms with Crippen LogP contribution in [0.4, 0.5) is 0 Å². The van der Waals surface area contributed by atoms with Gasteiger partial charge in [0.05, 0.1) is 17.5 Å². The van der Waals surface area contributed by atoms with Crippen LogP contribution in [0, 0.1) is 13.8 Å². The summed E-state index contributed by atoms with van der Waals surface area (Å²) in [5, 5.41) is 2.92. The van der Waals surface area contributed by atoms with Crippen LogP contribution in [0.25, 0.3) is 0 Å². The molecule has 0 fully saturated rings. The zero-order valence-corrected chi connectivity index (χ0v) is 20.8. The van der Waals surface area contributed by atoms with Crippen molar-refractivity contribution in [2.45, 2.75) is 38.3 Å². The Bertz CT molecular complexity index is 1190. The van der Waals surface area contributed by atoms with E-state index >= 15 is 0 Å². The Balaban J connectivity index is 1.84. The van der Waals surface area contributed by atoms with Gasteiger partial charge in [0.2, 0.25) is 15.9 Å². The van der Waals surface area contributed by atoms with Crippen LogP contribution in [0.1, 0.15) is 35.2 Å². The van der Waals surface area contributed by atoms with E-state index in [1.54, 1.807) is 24.3 Å². The quantitative estimate of drug-likeness (QED) is 0.452. The lowest BCUT2D eigenvalue weighted by Crippen LogP contribution is -2.41. The molecule has 0 aromatic heterocycles. The number of carbonyl (C=O) groups is 1. The number of nitrogens with zero attached hydrogens (tertiary/aromatic N) is 1. The zero-order valence-electron chi connectivity index (χ0n) is 18.4. The maximum atomic E-state index is 13.4. The molecule has 1 atom stereocenters. The number of amides is 1. The number of carbonyl (C=O) groups excluding carboxylic acids is 1. The Morgan fingerprint density at radius 3 is 2.31 bits per heavy atom. The van der Waals surface area contributed by atoms with Gasteiger partial charge in [-0.1, -0.05) is 75.6 Å². The molecule has 32 heavy (non-hydrogen) atoms. The van der Waals surface area contributed by atoms with E-state index in [0.717, 1.165) is 26.7 Å². The molecule has 3 aromatic carbocycles. The SMILES string of the molecule is Cc1ccc(S(=O)(=O)N(CC(=O)N[C@H](C)c2cccc(Br)c2)Cc2cccc(C)c2)cc1. The Hall–Kier alpha value is -2.48. The lowest BCUT2D eigenvalue weighted by molar-refractivity contribution is -0.122. The first-order chi connectivity index (χ1) is 15.1. The van der Waals surface area contributed by atoms with Crippen molar-refractivity contribution in [3.63, 3.8) is 0 Å². The van der Waals surface area contributed by atoms with Crippen molar-refractivity contribution in [1.29, 1.82) is 0 Å². The summed E-state index contributed by atoms with van der Waals surface area (Å²) >= 11 is 3.44. The van der Waals surface area contributed by atoms with E-state index in [4.69, 9.17) is 0 Å². The van der Waals surface area contributed by atoms with Crippen LogP contribution in [-0.2, 0) is 21.4 Å². The second-order valence-corrected chi connectivity index (χ2v) is 10.8. The number of hydrogen-bond acceptors (Lipinski definition) is 3. The fourth-order valence-electron chi connectivity index (χ4n) is 3.41. The summed E-state index contributed by atoms with van der Waals surface area (Å²) in [7, 11) is -3.87. The topological polar surface area (TPSA) is 66.5 Å². The highest BCUT2D eigenvalue weighted by atomic mass is 79.9. The van der Waals surface area contributed by atoms with E-state index in [9.17, 15) is 13.2 Å². The van der Waals surface area contributed by atoms with E-state index in [1.807, 2.05) is 69.3 Å². The molecule has 0 saturated heterocycles. The lowest BCUT2D eigenvalue weighted by Gasteiger charge is -2.23. The van der Waals surface area contributed by atoms with E-state index < -0.39 is 10.0 Å². The van der Waals surface area contributed by atoms with Gasteiger partial charge in [-0.3, -0.25) is 4.79 Å². The smallest absolute Gasteiger partial charge is 0.243 e. The van der Waals surface area contributed by atoms with Crippen LogP contribution in [0.15, 0.2) is 82.2 Å². The van der Waals surface area contributed by atoms with Crippen molar-refractivity contribution < 1.29 is 13.2 Å². The van der Waals surface area contributed by atoms with Crippen LogP contribution < -0.4 is 5.32 Å². The van der Waals surface area contributed by atoms with Crippen LogP contribution in [0.2, 0.25) is 0 Å². The minimum absolute atomic E-state index is 0.108. The highest BCUT2D eigenvalue weighted by Crippen LogP contribution is 2.21. The van der Waals surface area contributed by atoms with E-state index in [-0.39, 0.29) is 29.9 Å². The summed E-state index contributed by atoms with van der Waals surface area (Å²) in [6, 6.07) is 21.7. The molecular formula is C25H27BrN2O3S. The van der Waals surface area contributed by atoms with Crippen molar-refractivity contribution in [2.24, 2.45) is 0 Å². The first-order valence-electron chi connectivity index (χ1n) is 10.3. The van der Waals surface area contributed by atoms with Crippen LogP contribution in [0.3, 0.4) is 0 Å². The van der Waals surface area contributed by atoms with Crippen molar-refractivity contribution in [2.75, 3.05) is 6.54 Å². The third-order valence-electron chi connectivity index (χ3n) is 5.15. The molecule has 0 saturated carbocycles. The number of sulfonamides is 1. The fraction of sp³-hybridized carbons (Fsp3) is 0.240. The van der Waals surface area contributed by atoms with Gasteiger partial charge in [0.1, 0.15) is 0 Å². The monoisotopic (exact) mass is 514 g/mol. The third kappa shape index (κ3) is 6.28. The van der Waals surface area contributed by atoms with E-state index in [0.29, 0.717) is 0 Å². The van der Waals surface area contributed by atoms with Gasteiger partial charge in [0, 0.05) is 11.0 Å². The summed E-state index contributed by atoms with van der Waals surface area (Å²) in [6.45, 7) is 5.56. The Labute approximate surface area is 198 Å². The molecular weight excluding hydrogens is 488 g/mol. The van der Waals surface area contributed by atoms with Crippen LogP contribution in [0.5, 0.6) is 0 Å². The molecule has 1 amide bonds. The molecule has 0 unspecified atom stereocenters. The molecule has 0 aliphatic heterocycles. The molecule has 7 heteroatoms. The number of benzene rings is 3. The summed E-state index contributed by atoms with van der Waals surface area (Å²) in [4.78, 5) is 13.1. The van der Waals surface area contributed by atoms with Gasteiger partial charge in [-0.15, -0.1) is 0 Å². The van der Waals surface area contributed by atoms with Gasteiger partial charge < -0.3 is 5.32 Å². The molecule has 0 aliphatic carbocycles. The minimum Gasteiger partial charge on any atom is -0.348 e. The molecule has 168 valence electrons. The maximum absolute atomic E-state index is 13.4. The number of nitrogens with one attached hydrogen (secondary N) is 1. The summed E-state index contributed by atoms with van der Waals surface area (Å²) in [5.41, 5.74) is 3.76. The Morgan fingerprint density at radius 2 is 1.66 bits per heavy atom. The third-order valence-corrected chi connectivity index (χ3v) is 7.45. The predicted octanol–water partition coefficient (Wildman–Crippen LogP) is 5.13. The summed E-state index contributed by atoms with van der Waals surface area (Å²) < 4.78 is 29.0. The van der Waals surface area contributed by atoms with Crippen molar-refractivity contribution in [3.05, 3.63) is 99.5 Å². The van der Waals surface area contributed by atoms with Crippen molar-refractivity contribution in [3.8, 4) is 0 Å². The highest BCUT2D eigenvalue weighted by Gasteiger charge is 2.27. The van der Waals surface area contributed by atoms with Gasteiger partial charge in [-0.25, -0.2) is 8.42 Å². The van der Waals surface area contributed by atoms with Crippen molar-refractivity contribution >= 4 is 31.9 Å². The number of hydrogen-bond donors (Lipinski definition) is 1. The fourth-order valence-corrected chi connectivity index (χ4v) is 5.21. The maximum Gasteiger partial charge on any atom is 0.243 e. The molecule has 0 heterocycles. The molecule has 1 N–H and O–H groups in total. The number of aryl methyl sites for hydroxylation is 2. The number of rotatable bonds is 8. The highest BCUT2D eigenvalue weighted by molar-refractivity contribution is 9.10. The average Bonchev–Trinajstić information content (AvgIpc) is 2.73. The van der Waals surface area contributed by atoms with E-state index in [1.165, 1.54) is 4.31 Å². The second kappa shape index (κ2) is 10.4. The normalized spacial score (nSPS) is 12.5. The number of halogens is 1. The Morgan fingerprint density at radius 1 is 0.969 bits per heavy atom. The van der Waals surface area contributed by atoms with Gasteiger partial charge in [-0.05, 0) is 56.2 Å². The largest absolute Gasteiger partial charge is 0.348 e. The first kappa shape index (κ1) is 24.2. The van der Waals surface area contributed by atoms with Gasteiger partial charge >= 0.3 is 0 Å². The summed E-state index contributed by atoms with van der Waals surface area (Å²) in [5.74, 6) is -0.360. The molecule has 3 aromatic rings. The zero-order chi connectivity index (χ0) is 23.3. The van der Waals surface area contributed by atoms with Crippen LogP contribution in [-0.4, -0.2) is 25.2 Å². The van der Waals surface area contributed by atoms with Crippen molar-refractivity contribution in [1.82, 2.24) is 9.62 Å². The lowest BCUT2D eigenvalue weighted by atomic mass is 10.1. The van der Waals surface area contributed by atoms with Gasteiger partial charge in [-0.2, -0.15) is 4.31 Å². The molecule has 0 bridgehead atoms. The molecule has 0 aliphatic rings. The Kier molecular flexibility index (Phi) is 7.87. The van der Waals surface area contributed by atoms with E-state index in [2.05, 4.69) is 21.2 Å². The first-order valence-corrected chi connectivity index (χ1v) is 12.6. The molecule has 0 radical (unpaired) electrons. The molecule has 0 spiro atoms. The molecule has 3 rings (SSSR count). The second-order valence-electron chi connectivity index (χ2n) is 7.92. The summed E-state index contributed by atoms with van der Waals surface area (Å²) in [6.07, 6.45) is 0. The average molecular weight is 515 g/mol. The standard InChI is InChI=1S/C25H27BrN2O3S/c1-18-10-12-24(13-11-18)32(30,31)28(16-21-7-4-6-19(2)14-21)17-25(29)27-20(3)22-8-5-9-23(26)15-22/h4-15,20H,16-17H2,1-3H3,(H,27,29)/t20-/m1/s1.